The van der Waals surface area contributed by atoms with E-state index in [4.69, 9.17) is 0 Å². The average Bonchev–Trinajstić information content (AvgIpc) is 1.63. The van der Waals surface area contributed by atoms with Crippen molar-refractivity contribution in [2.45, 2.75) is 11.7 Å². The van der Waals surface area contributed by atoms with Gasteiger partial charge in [0.15, 0.2) is 9.84 Å². The van der Waals surface area contributed by atoms with Gasteiger partial charge in [-0.25, -0.2) is 8.42 Å². The number of rotatable bonds is 0. The van der Waals surface area contributed by atoms with Crippen LogP contribution in [0.1, 0.15) is 6.42 Å². The van der Waals surface area contributed by atoms with Crippen LogP contribution in [0.25, 0.3) is 0 Å². The highest BCUT2D eigenvalue weighted by molar-refractivity contribution is 7.93. The molecule has 0 aliphatic carbocycles. The Balaban J connectivity index is 2.79. The number of hydrogen-bond donors (Lipinski definition) is 0. The second kappa shape index (κ2) is 1.22. The Morgan fingerprint density at radius 1 is 1.57 bits per heavy atom. The molecule has 0 aromatic heterocycles. The molecule has 3 heteroatoms. The van der Waals surface area contributed by atoms with Gasteiger partial charge in [-0.05, 0) is 13.3 Å². The van der Waals surface area contributed by atoms with Crippen LogP contribution in [0.4, 0.5) is 0 Å². The van der Waals surface area contributed by atoms with Gasteiger partial charge in [0, 0.05) is 0 Å². The van der Waals surface area contributed by atoms with Gasteiger partial charge in [-0.15, -0.1) is 0 Å². The van der Waals surface area contributed by atoms with Crippen LogP contribution in [-0.2, 0) is 9.84 Å². The van der Waals surface area contributed by atoms with Crippen LogP contribution in [0.5, 0.6) is 0 Å². The highest BCUT2D eigenvalue weighted by Crippen LogP contribution is 2.18. The van der Waals surface area contributed by atoms with Gasteiger partial charge in [0.2, 0.25) is 0 Å². The van der Waals surface area contributed by atoms with Crippen LogP contribution in [-0.4, -0.2) is 19.4 Å². The van der Waals surface area contributed by atoms with E-state index in [1.165, 1.54) is 0 Å². The predicted molar refractivity (Wildman–Crippen MR) is 27.5 cm³/mol. The minimum atomic E-state index is -2.67. The first-order valence-corrected chi connectivity index (χ1v) is 3.89. The van der Waals surface area contributed by atoms with E-state index in [2.05, 4.69) is 6.92 Å². The monoisotopic (exact) mass is 119 g/mol. The van der Waals surface area contributed by atoms with E-state index in [0.717, 1.165) is 6.42 Å². The molecular formula is C4H7O2S. The summed E-state index contributed by atoms with van der Waals surface area (Å²) in [5.74, 6) is 0.348. The summed E-state index contributed by atoms with van der Waals surface area (Å²) >= 11 is 0. The van der Waals surface area contributed by atoms with Crippen molar-refractivity contribution in [3.63, 3.8) is 0 Å². The fraction of sp³-hybridized carbons (Fsp3) is 0.750. The standard InChI is InChI=1S/C4H7O2S/c1-4-2-3-7(4,5)6/h4H,1-3H2. The Hall–Kier alpha value is -0.0500. The molecule has 0 bridgehead atoms. The zero-order valence-electron chi connectivity index (χ0n) is 3.92. The maximum Gasteiger partial charge on any atom is 0.153 e. The molecule has 0 spiro atoms. The summed E-state index contributed by atoms with van der Waals surface area (Å²) < 4.78 is 20.7. The molecule has 1 unspecified atom stereocenters. The van der Waals surface area contributed by atoms with Crippen LogP contribution in [0.15, 0.2) is 0 Å². The molecule has 0 aromatic carbocycles. The lowest BCUT2D eigenvalue weighted by Crippen LogP contribution is -2.33. The first-order chi connectivity index (χ1) is 3.13. The third kappa shape index (κ3) is 0.650. The minimum Gasteiger partial charge on any atom is -0.229 e. The summed E-state index contributed by atoms with van der Waals surface area (Å²) in [6.07, 6.45) is 0.752. The van der Waals surface area contributed by atoms with Crippen molar-refractivity contribution in [2.24, 2.45) is 0 Å². The number of sulfone groups is 1. The molecule has 1 fully saturated rings. The van der Waals surface area contributed by atoms with E-state index in [1.807, 2.05) is 0 Å². The molecule has 1 aliphatic heterocycles. The second-order valence-electron chi connectivity index (χ2n) is 1.78. The minimum absolute atomic E-state index is 0.299. The van der Waals surface area contributed by atoms with Crippen LogP contribution in [0.3, 0.4) is 0 Å². The maximum atomic E-state index is 10.4. The van der Waals surface area contributed by atoms with Gasteiger partial charge in [0.1, 0.15) is 0 Å². The first-order valence-electron chi connectivity index (χ1n) is 2.17. The molecule has 0 N–H and O–H groups in total. The van der Waals surface area contributed by atoms with Crippen molar-refractivity contribution in [3.05, 3.63) is 6.92 Å². The van der Waals surface area contributed by atoms with E-state index in [0.29, 0.717) is 5.75 Å². The summed E-state index contributed by atoms with van der Waals surface area (Å²) in [7, 11) is -2.67. The van der Waals surface area contributed by atoms with Crippen molar-refractivity contribution in [1.82, 2.24) is 0 Å². The largest absolute Gasteiger partial charge is 0.229 e. The number of hydrogen-bond acceptors (Lipinski definition) is 2. The maximum absolute atomic E-state index is 10.4. The molecule has 41 valence electrons. The lowest BCUT2D eigenvalue weighted by atomic mass is 10.3. The lowest BCUT2D eigenvalue weighted by Gasteiger charge is -2.20. The van der Waals surface area contributed by atoms with E-state index in [9.17, 15) is 8.42 Å². The van der Waals surface area contributed by atoms with Crippen LogP contribution < -0.4 is 0 Å². The molecule has 0 aromatic rings. The van der Waals surface area contributed by atoms with E-state index in [1.54, 1.807) is 0 Å². The Kier molecular flexibility index (Phi) is 0.885. The van der Waals surface area contributed by atoms with E-state index >= 15 is 0 Å². The summed E-state index contributed by atoms with van der Waals surface area (Å²) in [5.41, 5.74) is 0. The molecule has 1 heterocycles. The fourth-order valence-electron chi connectivity index (χ4n) is 0.477. The van der Waals surface area contributed by atoms with Crippen molar-refractivity contribution < 1.29 is 8.42 Å². The summed E-state index contributed by atoms with van der Waals surface area (Å²) in [4.78, 5) is 0. The molecule has 0 amide bonds. The fourth-order valence-corrected chi connectivity index (χ4v) is 1.43. The van der Waals surface area contributed by atoms with Crippen molar-refractivity contribution in [3.8, 4) is 0 Å². The van der Waals surface area contributed by atoms with Crippen LogP contribution in [0, 0.1) is 6.92 Å². The molecule has 1 rings (SSSR count). The summed E-state index contributed by atoms with van der Waals surface area (Å²) in [6.45, 7) is 3.41. The third-order valence-electron chi connectivity index (χ3n) is 1.23. The third-order valence-corrected chi connectivity index (χ3v) is 3.29. The Bertz CT molecular complexity index is 157. The van der Waals surface area contributed by atoms with Gasteiger partial charge in [0.25, 0.3) is 0 Å². The van der Waals surface area contributed by atoms with Crippen molar-refractivity contribution >= 4 is 9.84 Å². The Morgan fingerprint density at radius 2 is 2.00 bits per heavy atom. The highest BCUT2D eigenvalue weighted by atomic mass is 32.2. The molecule has 1 aliphatic rings. The molecule has 7 heavy (non-hydrogen) atoms. The van der Waals surface area contributed by atoms with Gasteiger partial charge in [-0.3, -0.25) is 0 Å². The Labute approximate surface area is 43.5 Å². The Morgan fingerprint density at radius 3 is 2.00 bits per heavy atom. The highest BCUT2D eigenvalue weighted by Gasteiger charge is 2.30. The molecule has 0 saturated carbocycles. The molecule has 2 nitrogen and oxygen atoms in total. The quantitative estimate of drug-likeness (QED) is 0.450. The smallest absolute Gasteiger partial charge is 0.153 e. The predicted octanol–water partition coefficient (Wildman–Crippen LogP) is 0.00759. The zero-order valence-corrected chi connectivity index (χ0v) is 4.74. The van der Waals surface area contributed by atoms with Crippen molar-refractivity contribution in [1.29, 1.82) is 0 Å². The van der Waals surface area contributed by atoms with Gasteiger partial charge in [-0.2, -0.15) is 0 Å². The molecule has 1 radical (unpaired) electrons. The second-order valence-corrected chi connectivity index (χ2v) is 4.18. The summed E-state index contributed by atoms with van der Waals surface area (Å²) in [5, 5.41) is -0.299. The summed E-state index contributed by atoms with van der Waals surface area (Å²) in [6, 6.07) is 0. The molecule has 1 atom stereocenters. The van der Waals surface area contributed by atoms with Gasteiger partial charge < -0.3 is 0 Å². The first kappa shape index (κ1) is 5.09. The van der Waals surface area contributed by atoms with Gasteiger partial charge >= 0.3 is 0 Å². The molecule has 1 saturated heterocycles. The van der Waals surface area contributed by atoms with E-state index < -0.39 is 9.84 Å². The normalized spacial score (nSPS) is 37.0. The van der Waals surface area contributed by atoms with Gasteiger partial charge in [-0.1, -0.05) is 0 Å². The topological polar surface area (TPSA) is 34.1 Å². The SMILES string of the molecule is [CH2]C1CCS1(=O)=O. The van der Waals surface area contributed by atoms with E-state index in [-0.39, 0.29) is 5.25 Å². The molecular weight excluding hydrogens is 112 g/mol. The van der Waals surface area contributed by atoms with Crippen LogP contribution >= 0.6 is 0 Å². The van der Waals surface area contributed by atoms with Crippen LogP contribution in [0.2, 0.25) is 0 Å². The average molecular weight is 119 g/mol. The van der Waals surface area contributed by atoms with Gasteiger partial charge in [0.05, 0.1) is 11.0 Å². The zero-order chi connectivity index (χ0) is 5.49. The van der Waals surface area contributed by atoms with Crippen molar-refractivity contribution in [2.75, 3.05) is 5.75 Å². The lowest BCUT2D eigenvalue weighted by molar-refractivity contribution is 0.565.